The number of ether oxygens (including phenoxy) is 1. The second-order valence-corrected chi connectivity index (χ2v) is 8.03. The van der Waals surface area contributed by atoms with E-state index < -0.39 is 9.82 Å². The molecule has 2 fully saturated rings. The number of methoxy groups -OCH3 is 1. The number of fused-ring (bicyclic) bond motifs is 1. The molecule has 2 atom stereocenters. The summed E-state index contributed by atoms with van der Waals surface area (Å²) in [4.78, 5) is 24.8. The molecule has 0 bridgehead atoms. The Morgan fingerprint density at radius 3 is 2.73 bits per heavy atom. The summed E-state index contributed by atoms with van der Waals surface area (Å²) < 4.78 is 4.04. The van der Waals surface area contributed by atoms with Crippen molar-refractivity contribution in [1.29, 1.82) is 0 Å². The van der Waals surface area contributed by atoms with Crippen LogP contribution in [0.4, 0.5) is 0 Å². The van der Waals surface area contributed by atoms with Crippen LogP contribution in [0.3, 0.4) is 0 Å². The van der Waals surface area contributed by atoms with Gasteiger partial charge in [0, 0.05) is 4.75 Å². The number of halogens is 1. The highest BCUT2D eigenvalue weighted by atomic mass is 79.9. The molecule has 0 radical (unpaired) electrons. The fraction of sp³-hybridized carbons (Fsp3) is 0.778. The van der Waals surface area contributed by atoms with E-state index in [9.17, 15) is 9.59 Å². The van der Waals surface area contributed by atoms with Gasteiger partial charge in [-0.15, -0.1) is 11.8 Å². The molecule has 0 spiro atoms. The Morgan fingerprint density at radius 1 is 1.67 bits per heavy atom. The average Bonchev–Trinajstić information content (AvgIpc) is 2.27. The van der Waals surface area contributed by atoms with Gasteiger partial charge in [-0.05, 0) is 29.8 Å². The number of carbonyl (C=O) groups is 2. The third kappa shape index (κ3) is 1.41. The maximum atomic E-state index is 11.7. The van der Waals surface area contributed by atoms with Gasteiger partial charge in [0.15, 0.2) is 3.78 Å². The molecule has 15 heavy (non-hydrogen) atoms. The molecule has 0 aromatic rings. The van der Waals surface area contributed by atoms with Gasteiger partial charge in [0.2, 0.25) is 5.91 Å². The minimum atomic E-state index is -0.492. The largest absolute Gasteiger partial charge is 0.467 e. The Hall–Kier alpha value is -0.230. The quantitative estimate of drug-likeness (QED) is 0.317. The van der Waals surface area contributed by atoms with Gasteiger partial charge in [-0.3, -0.25) is 4.79 Å². The molecule has 2 aliphatic heterocycles. The van der Waals surface area contributed by atoms with Crippen LogP contribution in [0.2, 0.25) is 0 Å². The summed E-state index contributed by atoms with van der Waals surface area (Å²) in [6.45, 7) is 3.90. The molecule has 1 unspecified atom stereocenters. The Kier molecular flexibility index (Phi) is 2.35. The zero-order valence-electron chi connectivity index (χ0n) is 8.74. The Morgan fingerprint density at radius 2 is 2.27 bits per heavy atom. The number of thioether (sulfide) groups is 1. The predicted octanol–water partition coefficient (Wildman–Crippen LogP) is 1.33. The van der Waals surface area contributed by atoms with E-state index in [1.165, 1.54) is 7.11 Å². The van der Waals surface area contributed by atoms with E-state index in [0.29, 0.717) is 6.42 Å². The van der Waals surface area contributed by atoms with Gasteiger partial charge in [-0.25, -0.2) is 4.79 Å². The summed E-state index contributed by atoms with van der Waals surface area (Å²) in [6, 6.07) is -0.492. The molecule has 0 N–H and O–H groups in total. The van der Waals surface area contributed by atoms with Gasteiger partial charge in [0.05, 0.1) is 13.5 Å². The Labute approximate surface area is 101 Å². The molecular weight excluding hydrogens is 282 g/mol. The highest BCUT2D eigenvalue weighted by Crippen LogP contribution is 2.61. The van der Waals surface area contributed by atoms with Gasteiger partial charge in [0.25, 0.3) is 0 Å². The van der Waals surface area contributed by atoms with Gasteiger partial charge in [-0.2, -0.15) is 0 Å². The summed E-state index contributed by atoms with van der Waals surface area (Å²) in [5, 5.41) is 0. The van der Waals surface area contributed by atoms with E-state index in [-0.39, 0.29) is 16.6 Å². The molecule has 4 nitrogen and oxygen atoms in total. The summed E-state index contributed by atoms with van der Waals surface area (Å²) in [7, 11) is 1.35. The first-order chi connectivity index (χ1) is 6.82. The van der Waals surface area contributed by atoms with Crippen molar-refractivity contribution < 1.29 is 14.3 Å². The fourth-order valence-electron chi connectivity index (χ4n) is 2.14. The molecule has 2 saturated heterocycles. The van der Waals surface area contributed by atoms with E-state index in [2.05, 4.69) is 15.9 Å². The molecule has 1 amide bonds. The molecular formula is C9H12BrNO3S. The van der Waals surface area contributed by atoms with E-state index in [1.807, 2.05) is 13.8 Å². The van der Waals surface area contributed by atoms with Crippen molar-refractivity contribution in [3.05, 3.63) is 0 Å². The van der Waals surface area contributed by atoms with Crippen molar-refractivity contribution in [2.45, 2.75) is 34.8 Å². The van der Waals surface area contributed by atoms with E-state index in [4.69, 9.17) is 4.74 Å². The van der Waals surface area contributed by atoms with Crippen molar-refractivity contribution in [1.82, 2.24) is 4.90 Å². The van der Waals surface area contributed by atoms with Crippen LogP contribution in [0.25, 0.3) is 0 Å². The van der Waals surface area contributed by atoms with Crippen molar-refractivity contribution in [2.75, 3.05) is 7.11 Å². The molecule has 6 heteroatoms. The van der Waals surface area contributed by atoms with Crippen LogP contribution in [0.15, 0.2) is 0 Å². The summed E-state index contributed by atoms with van der Waals surface area (Å²) in [5.74, 6) is -0.345. The van der Waals surface area contributed by atoms with Crippen LogP contribution in [0.5, 0.6) is 0 Å². The lowest BCUT2D eigenvalue weighted by atomic mass is 9.98. The third-order valence-electron chi connectivity index (χ3n) is 2.76. The number of β-lactam (4-membered cyclic amide) rings is 1. The SMILES string of the molecule is COC(=O)[C@@H]1N2C(=O)CC2(Br)SC1(C)C. The van der Waals surface area contributed by atoms with Gasteiger partial charge >= 0.3 is 5.97 Å². The van der Waals surface area contributed by atoms with Crippen molar-refractivity contribution >= 4 is 39.6 Å². The fourth-order valence-corrected chi connectivity index (χ4v) is 5.66. The summed E-state index contributed by atoms with van der Waals surface area (Å²) in [5.41, 5.74) is 0. The first-order valence-corrected chi connectivity index (χ1v) is 6.22. The molecule has 2 rings (SSSR count). The van der Waals surface area contributed by atoms with Crippen LogP contribution >= 0.6 is 27.7 Å². The lowest BCUT2D eigenvalue weighted by Gasteiger charge is -2.43. The van der Waals surface area contributed by atoms with Crippen LogP contribution in [-0.4, -0.2) is 38.5 Å². The van der Waals surface area contributed by atoms with Crippen molar-refractivity contribution in [2.24, 2.45) is 0 Å². The van der Waals surface area contributed by atoms with E-state index >= 15 is 0 Å². The van der Waals surface area contributed by atoms with Gasteiger partial charge in [-0.1, -0.05) is 0 Å². The second kappa shape index (κ2) is 3.13. The molecule has 2 heterocycles. The minimum Gasteiger partial charge on any atom is -0.467 e. The standard InChI is InChI=1S/C9H12BrNO3S/c1-8(2)6(7(13)14-3)11-5(12)4-9(11,10)15-8/h6H,4H2,1-3H3/t6-,9?/m0/s1. The molecule has 0 aromatic carbocycles. The maximum Gasteiger partial charge on any atom is 0.330 e. The predicted molar refractivity (Wildman–Crippen MR) is 60.6 cm³/mol. The van der Waals surface area contributed by atoms with Crippen LogP contribution in [0, 0.1) is 0 Å². The number of hydrogen-bond donors (Lipinski definition) is 0. The maximum absolute atomic E-state index is 11.7. The number of esters is 1. The molecule has 0 aliphatic carbocycles. The van der Waals surface area contributed by atoms with Crippen LogP contribution in [0.1, 0.15) is 20.3 Å². The third-order valence-corrected chi connectivity index (χ3v) is 5.31. The zero-order chi connectivity index (χ0) is 11.4. The zero-order valence-corrected chi connectivity index (χ0v) is 11.1. The lowest BCUT2D eigenvalue weighted by Crippen LogP contribution is -2.61. The molecule has 2 aliphatic rings. The topological polar surface area (TPSA) is 46.6 Å². The van der Waals surface area contributed by atoms with Crippen molar-refractivity contribution in [3.63, 3.8) is 0 Å². The highest BCUT2D eigenvalue weighted by Gasteiger charge is 2.66. The molecule has 0 aromatic heterocycles. The minimum absolute atomic E-state index is 0.000324. The Balaban J connectivity index is 2.35. The smallest absolute Gasteiger partial charge is 0.330 e. The number of hydrogen-bond acceptors (Lipinski definition) is 4. The number of alkyl halides is 1. The van der Waals surface area contributed by atoms with E-state index in [1.54, 1.807) is 16.7 Å². The highest BCUT2D eigenvalue weighted by molar-refractivity contribution is 9.12. The second-order valence-electron chi connectivity index (χ2n) is 4.26. The first kappa shape index (κ1) is 11.3. The number of rotatable bonds is 1. The van der Waals surface area contributed by atoms with Crippen LogP contribution in [-0.2, 0) is 14.3 Å². The average molecular weight is 294 g/mol. The van der Waals surface area contributed by atoms with Gasteiger partial charge < -0.3 is 9.64 Å². The lowest BCUT2D eigenvalue weighted by molar-refractivity contribution is -0.160. The number of nitrogens with zero attached hydrogens (tertiary/aromatic N) is 1. The molecule has 84 valence electrons. The summed E-state index contributed by atoms with van der Waals surface area (Å²) >= 11 is 5.11. The monoisotopic (exact) mass is 293 g/mol. The Bertz CT molecular complexity index is 346. The normalized spacial score (nSPS) is 37.2. The van der Waals surface area contributed by atoms with Crippen molar-refractivity contribution in [3.8, 4) is 0 Å². The van der Waals surface area contributed by atoms with Gasteiger partial charge in [0.1, 0.15) is 6.04 Å². The summed E-state index contributed by atoms with van der Waals surface area (Å²) in [6.07, 6.45) is 0.439. The number of carbonyl (C=O) groups excluding carboxylic acids is 2. The first-order valence-electron chi connectivity index (χ1n) is 4.61. The van der Waals surface area contributed by atoms with E-state index in [0.717, 1.165) is 0 Å². The van der Waals surface area contributed by atoms with Crippen LogP contribution < -0.4 is 0 Å². The number of amides is 1. The molecule has 0 saturated carbocycles.